The Hall–Kier alpha value is -0.920. The summed E-state index contributed by atoms with van der Waals surface area (Å²) in [6.07, 6.45) is 2.43. The molecule has 1 fully saturated rings. The summed E-state index contributed by atoms with van der Waals surface area (Å²) in [4.78, 5) is 15.5. The van der Waals surface area contributed by atoms with Crippen LogP contribution >= 0.6 is 11.3 Å². The van der Waals surface area contributed by atoms with E-state index in [2.05, 4.69) is 0 Å². The summed E-state index contributed by atoms with van der Waals surface area (Å²) in [5.41, 5.74) is 0. The number of thiophene rings is 1. The van der Waals surface area contributed by atoms with Crippen LogP contribution in [0.2, 0.25) is 0 Å². The van der Waals surface area contributed by atoms with Gasteiger partial charge in [0.1, 0.15) is 0 Å². The average molecular weight is 330 g/mol. The number of carbonyl (C=O) groups excluding carboxylic acids is 1. The monoisotopic (exact) mass is 330 g/mol. The summed E-state index contributed by atoms with van der Waals surface area (Å²) in [6, 6.07) is 4.08. The zero-order chi connectivity index (χ0) is 15.6. The molecular formula is C14H22N2O3S2. The first-order valence-corrected chi connectivity index (χ1v) is 9.78. The van der Waals surface area contributed by atoms with Crippen molar-refractivity contribution in [2.45, 2.75) is 25.8 Å². The van der Waals surface area contributed by atoms with Crippen LogP contribution in [0.15, 0.2) is 17.5 Å². The van der Waals surface area contributed by atoms with Crippen molar-refractivity contribution in [3.8, 4) is 0 Å². The van der Waals surface area contributed by atoms with Gasteiger partial charge < -0.3 is 4.90 Å². The minimum atomic E-state index is -3.14. The Morgan fingerprint density at radius 3 is 2.52 bits per heavy atom. The molecule has 1 aromatic rings. The fraction of sp³-hybridized carbons (Fsp3) is 0.643. The van der Waals surface area contributed by atoms with Gasteiger partial charge in [0.25, 0.3) is 0 Å². The van der Waals surface area contributed by atoms with Crippen molar-refractivity contribution in [1.29, 1.82) is 0 Å². The molecular weight excluding hydrogens is 308 g/mol. The second-order valence-electron chi connectivity index (χ2n) is 5.58. The van der Waals surface area contributed by atoms with Gasteiger partial charge in [-0.2, -0.15) is 0 Å². The molecule has 0 bridgehead atoms. The molecule has 0 radical (unpaired) electrons. The average Bonchev–Trinajstić information content (AvgIpc) is 2.98. The van der Waals surface area contributed by atoms with E-state index in [0.29, 0.717) is 25.9 Å². The van der Waals surface area contributed by atoms with Gasteiger partial charge in [-0.15, -0.1) is 11.3 Å². The third-order valence-electron chi connectivity index (χ3n) is 4.16. The number of nitrogens with zero attached hydrogens (tertiary/aromatic N) is 2. The number of amides is 1. The molecule has 5 nitrogen and oxygen atoms in total. The molecule has 21 heavy (non-hydrogen) atoms. The van der Waals surface area contributed by atoms with Crippen molar-refractivity contribution in [3.05, 3.63) is 22.4 Å². The minimum Gasteiger partial charge on any atom is -0.338 e. The molecule has 7 heteroatoms. The van der Waals surface area contributed by atoms with Gasteiger partial charge in [0.2, 0.25) is 15.9 Å². The summed E-state index contributed by atoms with van der Waals surface area (Å²) < 4.78 is 24.4. The van der Waals surface area contributed by atoms with Crippen molar-refractivity contribution >= 4 is 27.3 Å². The Kier molecular flexibility index (Phi) is 5.06. The molecule has 2 rings (SSSR count). The van der Waals surface area contributed by atoms with E-state index in [1.54, 1.807) is 16.2 Å². The van der Waals surface area contributed by atoms with Crippen molar-refractivity contribution in [1.82, 2.24) is 9.21 Å². The van der Waals surface area contributed by atoms with Gasteiger partial charge in [-0.05, 0) is 31.2 Å². The van der Waals surface area contributed by atoms with E-state index in [1.165, 1.54) is 15.4 Å². The third kappa shape index (κ3) is 3.84. The second kappa shape index (κ2) is 6.46. The molecule has 2 heterocycles. The molecule has 0 aromatic carbocycles. The SMILES string of the molecule is CC(c1cccs1)N(C)C(=O)C1CCN(S(C)(=O)=O)CC1. The summed E-state index contributed by atoms with van der Waals surface area (Å²) in [5, 5.41) is 2.01. The van der Waals surface area contributed by atoms with Gasteiger partial charge in [0.15, 0.2) is 0 Å². The van der Waals surface area contributed by atoms with E-state index in [1.807, 2.05) is 31.5 Å². The lowest BCUT2D eigenvalue weighted by atomic mass is 9.96. The fourth-order valence-corrected chi connectivity index (χ4v) is 4.33. The fourth-order valence-electron chi connectivity index (χ4n) is 2.63. The Morgan fingerprint density at radius 1 is 1.43 bits per heavy atom. The molecule has 1 aromatic heterocycles. The largest absolute Gasteiger partial charge is 0.338 e. The van der Waals surface area contributed by atoms with E-state index in [-0.39, 0.29) is 17.9 Å². The zero-order valence-electron chi connectivity index (χ0n) is 12.7. The van der Waals surface area contributed by atoms with Gasteiger partial charge >= 0.3 is 0 Å². The quantitative estimate of drug-likeness (QED) is 0.848. The minimum absolute atomic E-state index is 0.0606. The van der Waals surface area contributed by atoms with Crippen LogP contribution in [0.5, 0.6) is 0 Å². The Bertz CT molecular complexity index is 575. The molecule has 1 amide bonds. The number of hydrogen-bond donors (Lipinski definition) is 0. The Balaban J connectivity index is 1.95. The van der Waals surface area contributed by atoms with Gasteiger partial charge in [0, 0.05) is 30.9 Å². The van der Waals surface area contributed by atoms with Crippen LogP contribution < -0.4 is 0 Å². The number of rotatable bonds is 4. The van der Waals surface area contributed by atoms with Crippen molar-refractivity contribution in [2.75, 3.05) is 26.4 Å². The normalized spacial score (nSPS) is 19.4. The van der Waals surface area contributed by atoms with Gasteiger partial charge in [-0.1, -0.05) is 6.07 Å². The van der Waals surface area contributed by atoms with Crippen molar-refractivity contribution in [2.24, 2.45) is 5.92 Å². The van der Waals surface area contributed by atoms with Gasteiger partial charge in [-0.25, -0.2) is 12.7 Å². The topological polar surface area (TPSA) is 57.7 Å². The van der Waals surface area contributed by atoms with Crippen molar-refractivity contribution < 1.29 is 13.2 Å². The summed E-state index contributed by atoms with van der Waals surface area (Å²) >= 11 is 1.65. The van der Waals surface area contributed by atoms with E-state index < -0.39 is 10.0 Å². The zero-order valence-corrected chi connectivity index (χ0v) is 14.3. The van der Waals surface area contributed by atoms with Crippen LogP contribution in [-0.4, -0.2) is 49.9 Å². The number of piperidine rings is 1. The maximum Gasteiger partial charge on any atom is 0.226 e. The van der Waals surface area contributed by atoms with Crippen LogP contribution in [0, 0.1) is 5.92 Å². The van der Waals surface area contributed by atoms with Crippen LogP contribution in [0.1, 0.15) is 30.7 Å². The number of hydrogen-bond acceptors (Lipinski definition) is 4. The number of sulfonamides is 1. The highest BCUT2D eigenvalue weighted by Gasteiger charge is 2.32. The predicted octanol–water partition coefficient (Wildman–Crippen LogP) is 1.94. The molecule has 118 valence electrons. The maximum absolute atomic E-state index is 12.6. The lowest BCUT2D eigenvalue weighted by molar-refractivity contribution is -0.137. The Labute approximate surface area is 130 Å². The third-order valence-corrected chi connectivity index (χ3v) is 6.50. The highest BCUT2D eigenvalue weighted by Crippen LogP contribution is 2.27. The molecule has 0 saturated carbocycles. The van der Waals surface area contributed by atoms with Gasteiger partial charge in [0.05, 0.1) is 12.3 Å². The smallest absolute Gasteiger partial charge is 0.226 e. The van der Waals surface area contributed by atoms with Crippen LogP contribution in [0.3, 0.4) is 0 Å². The first kappa shape index (κ1) is 16.5. The molecule has 0 aliphatic carbocycles. The molecule has 0 spiro atoms. The van der Waals surface area contributed by atoms with E-state index in [0.717, 1.165) is 0 Å². The lowest BCUT2D eigenvalue weighted by Gasteiger charge is -2.33. The van der Waals surface area contributed by atoms with Crippen molar-refractivity contribution in [3.63, 3.8) is 0 Å². The van der Waals surface area contributed by atoms with Crippen LogP contribution in [0.25, 0.3) is 0 Å². The number of carbonyl (C=O) groups is 1. The first-order valence-electron chi connectivity index (χ1n) is 7.06. The maximum atomic E-state index is 12.6. The second-order valence-corrected chi connectivity index (χ2v) is 8.54. The summed E-state index contributed by atoms with van der Waals surface area (Å²) in [5.74, 6) is 0.0412. The highest BCUT2D eigenvalue weighted by atomic mass is 32.2. The first-order chi connectivity index (χ1) is 9.80. The van der Waals surface area contributed by atoms with E-state index in [4.69, 9.17) is 0 Å². The highest BCUT2D eigenvalue weighted by molar-refractivity contribution is 7.88. The van der Waals surface area contributed by atoms with E-state index in [9.17, 15) is 13.2 Å². The van der Waals surface area contributed by atoms with Gasteiger partial charge in [-0.3, -0.25) is 4.79 Å². The standard InChI is InChI=1S/C14H22N2O3S2/c1-11(13-5-4-10-20-13)15(2)14(17)12-6-8-16(9-7-12)21(3,18)19/h4-5,10-12H,6-9H2,1-3H3. The molecule has 0 N–H and O–H groups in total. The van der Waals surface area contributed by atoms with Crippen LogP contribution in [0.4, 0.5) is 0 Å². The Morgan fingerprint density at radius 2 is 2.05 bits per heavy atom. The molecule has 1 aliphatic rings. The lowest BCUT2D eigenvalue weighted by Crippen LogP contribution is -2.43. The molecule has 1 atom stereocenters. The summed E-state index contributed by atoms with van der Waals surface area (Å²) in [6.45, 7) is 2.91. The molecule has 1 unspecified atom stereocenters. The predicted molar refractivity (Wildman–Crippen MR) is 84.6 cm³/mol. The summed E-state index contributed by atoms with van der Waals surface area (Å²) in [7, 11) is -1.31. The van der Waals surface area contributed by atoms with Crippen LogP contribution in [-0.2, 0) is 14.8 Å². The molecule has 1 saturated heterocycles. The van der Waals surface area contributed by atoms with E-state index >= 15 is 0 Å². The molecule has 1 aliphatic heterocycles.